The second-order valence-corrected chi connectivity index (χ2v) is 5.65. The summed E-state index contributed by atoms with van der Waals surface area (Å²) in [6.07, 6.45) is 2.12. The van der Waals surface area contributed by atoms with E-state index in [1.54, 1.807) is 11.3 Å². The average molecular weight is 238 g/mol. The summed E-state index contributed by atoms with van der Waals surface area (Å²) < 4.78 is 0. The van der Waals surface area contributed by atoms with Crippen LogP contribution in [-0.4, -0.2) is 19.0 Å². The van der Waals surface area contributed by atoms with Crippen LogP contribution < -0.4 is 10.6 Å². The average Bonchev–Trinajstić information content (AvgIpc) is 2.73. The molecule has 2 N–H and O–H groups in total. The van der Waals surface area contributed by atoms with E-state index in [2.05, 4.69) is 29.7 Å². The van der Waals surface area contributed by atoms with Gasteiger partial charge in [0, 0.05) is 16.3 Å². The molecule has 16 heavy (non-hydrogen) atoms. The summed E-state index contributed by atoms with van der Waals surface area (Å²) in [5.74, 6) is 0.355. The van der Waals surface area contributed by atoms with E-state index in [0.29, 0.717) is 6.54 Å². The Labute approximate surface area is 100 Å². The molecular weight excluding hydrogens is 220 g/mol. The lowest BCUT2D eigenvalue weighted by Crippen LogP contribution is -2.40. The van der Waals surface area contributed by atoms with Crippen molar-refractivity contribution in [1.29, 1.82) is 0 Å². The minimum absolute atomic E-state index is 0.162. The molecule has 0 unspecified atom stereocenters. The van der Waals surface area contributed by atoms with Gasteiger partial charge in [-0.05, 0) is 38.4 Å². The maximum atomic E-state index is 11.8. The molecule has 1 aliphatic heterocycles. The third-order valence-corrected chi connectivity index (χ3v) is 3.90. The molecule has 0 saturated carbocycles. The SMILES string of the molecule is Cc1ccc(CNC(=O)[C@@H]2CCCNC2)s1. The minimum atomic E-state index is 0.162. The molecule has 1 aromatic heterocycles. The molecule has 4 heteroatoms. The van der Waals surface area contributed by atoms with Gasteiger partial charge in [0.1, 0.15) is 0 Å². The van der Waals surface area contributed by atoms with E-state index < -0.39 is 0 Å². The van der Waals surface area contributed by atoms with E-state index >= 15 is 0 Å². The van der Waals surface area contributed by atoms with Crippen molar-refractivity contribution < 1.29 is 4.79 Å². The largest absolute Gasteiger partial charge is 0.351 e. The van der Waals surface area contributed by atoms with Crippen molar-refractivity contribution in [3.05, 3.63) is 21.9 Å². The van der Waals surface area contributed by atoms with Crippen LogP contribution in [0.3, 0.4) is 0 Å². The van der Waals surface area contributed by atoms with E-state index in [9.17, 15) is 4.79 Å². The zero-order chi connectivity index (χ0) is 11.4. The topological polar surface area (TPSA) is 41.1 Å². The molecule has 88 valence electrons. The molecule has 2 rings (SSSR count). The summed E-state index contributed by atoms with van der Waals surface area (Å²) >= 11 is 1.75. The van der Waals surface area contributed by atoms with Crippen molar-refractivity contribution in [1.82, 2.24) is 10.6 Å². The molecule has 1 aliphatic rings. The molecule has 0 aromatic carbocycles. The van der Waals surface area contributed by atoms with E-state index in [-0.39, 0.29) is 11.8 Å². The van der Waals surface area contributed by atoms with Crippen molar-refractivity contribution in [3.63, 3.8) is 0 Å². The van der Waals surface area contributed by atoms with Gasteiger partial charge < -0.3 is 10.6 Å². The van der Waals surface area contributed by atoms with Gasteiger partial charge in [-0.3, -0.25) is 4.79 Å². The lowest BCUT2D eigenvalue weighted by atomic mass is 9.99. The molecule has 1 saturated heterocycles. The number of amides is 1. The first kappa shape index (κ1) is 11.6. The van der Waals surface area contributed by atoms with Gasteiger partial charge in [-0.2, -0.15) is 0 Å². The number of aryl methyl sites for hydroxylation is 1. The normalized spacial score (nSPS) is 20.7. The minimum Gasteiger partial charge on any atom is -0.351 e. The number of hydrogen-bond donors (Lipinski definition) is 2. The van der Waals surface area contributed by atoms with Gasteiger partial charge in [-0.1, -0.05) is 0 Å². The maximum absolute atomic E-state index is 11.8. The first-order valence-electron chi connectivity index (χ1n) is 5.79. The van der Waals surface area contributed by atoms with Crippen molar-refractivity contribution in [3.8, 4) is 0 Å². The Morgan fingerprint density at radius 1 is 1.62 bits per heavy atom. The third-order valence-electron chi connectivity index (χ3n) is 2.90. The monoisotopic (exact) mass is 238 g/mol. The van der Waals surface area contributed by atoms with Crippen LogP contribution in [0.1, 0.15) is 22.6 Å². The predicted octanol–water partition coefficient (Wildman–Crippen LogP) is 1.67. The summed E-state index contributed by atoms with van der Waals surface area (Å²) in [6, 6.07) is 4.17. The van der Waals surface area contributed by atoms with Crippen LogP contribution in [0.2, 0.25) is 0 Å². The first-order chi connectivity index (χ1) is 7.75. The van der Waals surface area contributed by atoms with Crippen LogP contribution in [0.4, 0.5) is 0 Å². The fraction of sp³-hybridized carbons (Fsp3) is 0.583. The Hall–Kier alpha value is -0.870. The van der Waals surface area contributed by atoms with Gasteiger partial charge in [0.05, 0.1) is 12.5 Å². The highest BCUT2D eigenvalue weighted by Gasteiger charge is 2.20. The molecular formula is C12H18N2OS. The van der Waals surface area contributed by atoms with Crippen molar-refractivity contribution in [2.75, 3.05) is 13.1 Å². The molecule has 1 aromatic rings. The van der Waals surface area contributed by atoms with E-state index in [4.69, 9.17) is 0 Å². The molecule has 0 radical (unpaired) electrons. The summed E-state index contributed by atoms with van der Waals surface area (Å²) in [5, 5.41) is 6.27. The molecule has 0 bridgehead atoms. The Morgan fingerprint density at radius 2 is 2.50 bits per heavy atom. The van der Waals surface area contributed by atoms with E-state index in [0.717, 1.165) is 25.9 Å². The lowest BCUT2D eigenvalue weighted by Gasteiger charge is -2.21. The zero-order valence-corrected chi connectivity index (χ0v) is 10.4. The van der Waals surface area contributed by atoms with Crippen LogP contribution in [0.5, 0.6) is 0 Å². The smallest absolute Gasteiger partial charge is 0.224 e. The van der Waals surface area contributed by atoms with E-state index in [1.165, 1.54) is 9.75 Å². The Bertz CT molecular complexity index is 356. The van der Waals surface area contributed by atoms with Crippen molar-refractivity contribution in [2.24, 2.45) is 5.92 Å². The fourth-order valence-corrected chi connectivity index (χ4v) is 2.80. The standard InChI is InChI=1S/C12H18N2OS/c1-9-4-5-11(16-9)8-14-12(15)10-3-2-6-13-7-10/h4-5,10,13H,2-3,6-8H2,1H3,(H,14,15)/t10-/m1/s1. The van der Waals surface area contributed by atoms with Gasteiger partial charge >= 0.3 is 0 Å². The molecule has 0 aliphatic carbocycles. The van der Waals surface area contributed by atoms with Crippen molar-refractivity contribution >= 4 is 17.2 Å². The molecule has 2 heterocycles. The molecule has 1 atom stereocenters. The summed E-state index contributed by atoms with van der Waals surface area (Å²) in [6.45, 7) is 4.64. The number of piperidine rings is 1. The Kier molecular flexibility index (Phi) is 3.96. The highest BCUT2D eigenvalue weighted by atomic mass is 32.1. The zero-order valence-electron chi connectivity index (χ0n) is 9.58. The number of hydrogen-bond acceptors (Lipinski definition) is 3. The molecule has 0 spiro atoms. The quantitative estimate of drug-likeness (QED) is 0.841. The lowest BCUT2D eigenvalue weighted by molar-refractivity contribution is -0.125. The van der Waals surface area contributed by atoms with Gasteiger partial charge in [0.25, 0.3) is 0 Å². The number of nitrogens with one attached hydrogen (secondary N) is 2. The van der Waals surface area contributed by atoms with Crippen LogP contribution in [0, 0.1) is 12.8 Å². The summed E-state index contributed by atoms with van der Waals surface area (Å²) in [7, 11) is 0. The highest BCUT2D eigenvalue weighted by molar-refractivity contribution is 7.11. The highest BCUT2D eigenvalue weighted by Crippen LogP contribution is 2.15. The van der Waals surface area contributed by atoms with Crippen LogP contribution >= 0.6 is 11.3 Å². The number of rotatable bonds is 3. The van der Waals surface area contributed by atoms with Gasteiger partial charge in [0.2, 0.25) is 5.91 Å². The molecule has 3 nitrogen and oxygen atoms in total. The van der Waals surface area contributed by atoms with Crippen LogP contribution in [0.15, 0.2) is 12.1 Å². The van der Waals surface area contributed by atoms with Crippen LogP contribution in [0.25, 0.3) is 0 Å². The van der Waals surface area contributed by atoms with Gasteiger partial charge in [-0.15, -0.1) is 11.3 Å². The Balaban J connectivity index is 1.78. The van der Waals surface area contributed by atoms with Crippen molar-refractivity contribution in [2.45, 2.75) is 26.3 Å². The molecule has 1 fully saturated rings. The number of carbonyl (C=O) groups excluding carboxylic acids is 1. The predicted molar refractivity (Wildman–Crippen MR) is 66.5 cm³/mol. The number of carbonyl (C=O) groups is 1. The molecule has 1 amide bonds. The Morgan fingerprint density at radius 3 is 3.12 bits per heavy atom. The second-order valence-electron chi connectivity index (χ2n) is 4.27. The fourth-order valence-electron chi connectivity index (χ4n) is 1.97. The third kappa shape index (κ3) is 3.06. The maximum Gasteiger partial charge on any atom is 0.224 e. The van der Waals surface area contributed by atoms with E-state index in [1.807, 2.05) is 0 Å². The second kappa shape index (κ2) is 5.46. The van der Waals surface area contributed by atoms with Gasteiger partial charge in [0.15, 0.2) is 0 Å². The van der Waals surface area contributed by atoms with Crippen LogP contribution in [-0.2, 0) is 11.3 Å². The number of thiophene rings is 1. The summed E-state index contributed by atoms with van der Waals surface area (Å²) in [5.41, 5.74) is 0. The first-order valence-corrected chi connectivity index (χ1v) is 6.61. The summed E-state index contributed by atoms with van der Waals surface area (Å²) in [4.78, 5) is 14.4. The van der Waals surface area contributed by atoms with Gasteiger partial charge in [-0.25, -0.2) is 0 Å².